The molecule has 1 nitrogen and oxygen atoms in total. The minimum Gasteiger partial charge on any atom is -0.261 e. The number of halogens is 3. The average Bonchev–Trinajstić information content (AvgIpc) is 2.35. The average molecular weight is 312 g/mol. The van der Waals surface area contributed by atoms with Crippen molar-refractivity contribution in [3.8, 4) is 0 Å². The molecule has 0 aliphatic carbocycles. The second kappa shape index (κ2) is 5.57. The molecule has 0 saturated heterocycles. The van der Waals surface area contributed by atoms with Crippen LogP contribution in [0.3, 0.4) is 0 Å². The third kappa shape index (κ3) is 2.93. The molecule has 4 heteroatoms. The number of pyridine rings is 1. The quantitative estimate of drug-likeness (QED) is 0.768. The lowest BCUT2D eigenvalue weighted by Gasteiger charge is -2.11. The minimum absolute atomic E-state index is 0.0822. The molecule has 0 radical (unpaired) electrons. The van der Waals surface area contributed by atoms with Crippen molar-refractivity contribution < 1.29 is 8.78 Å². The summed E-state index contributed by atoms with van der Waals surface area (Å²) in [5.41, 5.74) is 2.74. The smallest absolute Gasteiger partial charge is 0.159 e. The Kier molecular flexibility index (Phi) is 4.07. The Morgan fingerprint density at radius 1 is 1.22 bits per heavy atom. The van der Waals surface area contributed by atoms with Crippen LogP contribution in [0.25, 0.3) is 0 Å². The number of aryl methyl sites for hydroxylation is 1. The third-order valence-corrected chi connectivity index (χ3v) is 3.65. The summed E-state index contributed by atoms with van der Waals surface area (Å²) in [5, 5.41) is 0. The van der Waals surface area contributed by atoms with Crippen LogP contribution in [-0.4, -0.2) is 4.98 Å². The van der Waals surface area contributed by atoms with E-state index in [-0.39, 0.29) is 4.83 Å². The molecule has 2 aromatic rings. The topological polar surface area (TPSA) is 12.9 Å². The Morgan fingerprint density at radius 3 is 2.67 bits per heavy atom. The van der Waals surface area contributed by atoms with E-state index < -0.39 is 11.6 Å². The summed E-state index contributed by atoms with van der Waals surface area (Å²) in [6, 6.07) is 7.79. The Bertz CT molecular complexity index is 557. The number of benzene rings is 1. The largest absolute Gasteiger partial charge is 0.261 e. The molecule has 0 saturated carbocycles. The molecule has 1 aromatic heterocycles. The lowest BCUT2D eigenvalue weighted by atomic mass is 10.0. The summed E-state index contributed by atoms with van der Waals surface area (Å²) in [4.78, 5) is 4.20. The van der Waals surface area contributed by atoms with Crippen LogP contribution in [0.15, 0.2) is 36.5 Å². The lowest BCUT2D eigenvalue weighted by Crippen LogP contribution is -2.01. The molecule has 1 unspecified atom stereocenters. The zero-order valence-corrected chi connectivity index (χ0v) is 11.4. The van der Waals surface area contributed by atoms with Crippen LogP contribution in [0.5, 0.6) is 0 Å². The number of aromatic nitrogens is 1. The third-order valence-electron chi connectivity index (χ3n) is 2.80. The molecular weight excluding hydrogens is 300 g/mol. The Morgan fingerprint density at radius 2 is 2.00 bits per heavy atom. The molecule has 94 valence electrons. The fraction of sp³-hybridized carbons (Fsp3) is 0.214. The van der Waals surface area contributed by atoms with Gasteiger partial charge in [-0.1, -0.05) is 28.1 Å². The van der Waals surface area contributed by atoms with E-state index in [4.69, 9.17) is 0 Å². The number of hydrogen-bond donors (Lipinski definition) is 0. The summed E-state index contributed by atoms with van der Waals surface area (Å²) in [6.07, 6.45) is 2.37. The van der Waals surface area contributed by atoms with E-state index in [2.05, 4.69) is 20.9 Å². The van der Waals surface area contributed by atoms with Gasteiger partial charge in [-0.15, -0.1) is 0 Å². The highest BCUT2D eigenvalue weighted by Gasteiger charge is 2.13. The molecule has 1 atom stereocenters. The lowest BCUT2D eigenvalue weighted by molar-refractivity contribution is 0.507. The van der Waals surface area contributed by atoms with E-state index in [1.807, 2.05) is 19.1 Å². The molecule has 1 heterocycles. The zero-order valence-electron chi connectivity index (χ0n) is 9.83. The SMILES string of the molecule is Cc1cccnc1CC(Br)c1ccc(F)c(F)c1. The molecule has 0 N–H and O–H groups in total. The number of hydrogen-bond acceptors (Lipinski definition) is 1. The van der Waals surface area contributed by atoms with Gasteiger partial charge in [-0.2, -0.15) is 0 Å². The van der Waals surface area contributed by atoms with Crippen molar-refractivity contribution in [1.29, 1.82) is 0 Å². The summed E-state index contributed by atoms with van der Waals surface area (Å²) in [6.45, 7) is 1.98. The highest BCUT2D eigenvalue weighted by molar-refractivity contribution is 9.09. The van der Waals surface area contributed by atoms with Gasteiger partial charge in [0, 0.05) is 23.1 Å². The monoisotopic (exact) mass is 311 g/mol. The molecule has 2 rings (SSSR count). The first-order chi connectivity index (χ1) is 8.58. The highest BCUT2D eigenvalue weighted by Crippen LogP contribution is 2.28. The zero-order chi connectivity index (χ0) is 13.1. The molecule has 0 amide bonds. The van der Waals surface area contributed by atoms with Crippen LogP contribution >= 0.6 is 15.9 Å². The van der Waals surface area contributed by atoms with Gasteiger partial charge in [-0.25, -0.2) is 8.78 Å². The fourth-order valence-corrected chi connectivity index (χ4v) is 2.32. The van der Waals surface area contributed by atoms with Gasteiger partial charge < -0.3 is 0 Å². The Hall–Kier alpha value is -1.29. The second-order valence-electron chi connectivity index (χ2n) is 4.11. The molecule has 0 aliphatic heterocycles. The normalized spacial score (nSPS) is 12.4. The van der Waals surface area contributed by atoms with Gasteiger partial charge in [-0.05, 0) is 36.2 Å². The maximum atomic E-state index is 13.1. The van der Waals surface area contributed by atoms with E-state index in [0.29, 0.717) is 12.0 Å². The van der Waals surface area contributed by atoms with E-state index >= 15 is 0 Å². The van der Waals surface area contributed by atoms with Gasteiger partial charge in [0.2, 0.25) is 0 Å². The second-order valence-corrected chi connectivity index (χ2v) is 5.22. The van der Waals surface area contributed by atoms with Crippen LogP contribution in [0, 0.1) is 18.6 Å². The predicted octanol–water partition coefficient (Wildman–Crippen LogP) is 4.35. The van der Waals surface area contributed by atoms with Gasteiger partial charge in [0.25, 0.3) is 0 Å². The molecule has 0 fully saturated rings. The van der Waals surface area contributed by atoms with Crippen LogP contribution in [-0.2, 0) is 6.42 Å². The summed E-state index contributed by atoms with van der Waals surface area (Å²) < 4.78 is 26.0. The van der Waals surface area contributed by atoms with Crippen LogP contribution in [0.4, 0.5) is 8.78 Å². The van der Waals surface area contributed by atoms with E-state index in [1.54, 1.807) is 12.3 Å². The van der Waals surface area contributed by atoms with Crippen molar-refractivity contribution in [2.75, 3.05) is 0 Å². The Labute approximate surface area is 113 Å². The van der Waals surface area contributed by atoms with Crippen molar-refractivity contribution >= 4 is 15.9 Å². The van der Waals surface area contributed by atoms with Gasteiger partial charge >= 0.3 is 0 Å². The summed E-state index contributed by atoms with van der Waals surface area (Å²) in [7, 11) is 0. The molecule has 0 bridgehead atoms. The van der Waals surface area contributed by atoms with Crippen LogP contribution in [0.1, 0.15) is 21.6 Å². The van der Waals surface area contributed by atoms with Crippen molar-refractivity contribution in [2.45, 2.75) is 18.2 Å². The maximum absolute atomic E-state index is 13.1. The van der Waals surface area contributed by atoms with Crippen LogP contribution < -0.4 is 0 Å². The van der Waals surface area contributed by atoms with Gasteiger partial charge in [-0.3, -0.25) is 4.98 Å². The van der Waals surface area contributed by atoms with E-state index in [9.17, 15) is 8.78 Å². The van der Waals surface area contributed by atoms with Crippen molar-refractivity contribution in [3.63, 3.8) is 0 Å². The number of nitrogens with zero attached hydrogens (tertiary/aromatic N) is 1. The minimum atomic E-state index is -0.826. The molecule has 0 aliphatic rings. The maximum Gasteiger partial charge on any atom is 0.159 e. The standard InChI is InChI=1S/C14H12BrF2N/c1-9-3-2-6-18-14(9)8-11(15)10-4-5-12(16)13(17)7-10/h2-7,11H,8H2,1H3. The Balaban J connectivity index is 2.19. The molecule has 18 heavy (non-hydrogen) atoms. The highest BCUT2D eigenvalue weighted by atomic mass is 79.9. The fourth-order valence-electron chi connectivity index (χ4n) is 1.73. The molecule has 0 spiro atoms. The van der Waals surface area contributed by atoms with Crippen molar-refractivity contribution in [2.24, 2.45) is 0 Å². The van der Waals surface area contributed by atoms with E-state index in [1.165, 1.54) is 6.07 Å². The van der Waals surface area contributed by atoms with Crippen molar-refractivity contribution in [3.05, 3.63) is 65.0 Å². The summed E-state index contributed by atoms with van der Waals surface area (Å²) in [5.74, 6) is -1.65. The number of rotatable bonds is 3. The van der Waals surface area contributed by atoms with Gasteiger partial charge in [0.05, 0.1) is 0 Å². The number of alkyl halides is 1. The first-order valence-electron chi connectivity index (χ1n) is 5.57. The van der Waals surface area contributed by atoms with Crippen molar-refractivity contribution in [1.82, 2.24) is 4.98 Å². The van der Waals surface area contributed by atoms with Gasteiger partial charge in [0.1, 0.15) is 0 Å². The molecule has 1 aromatic carbocycles. The van der Waals surface area contributed by atoms with Crippen LogP contribution in [0.2, 0.25) is 0 Å². The first-order valence-corrected chi connectivity index (χ1v) is 6.49. The van der Waals surface area contributed by atoms with Gasteiger partial charge in [0.15, 0.2) is 11.6 Å². The summed E-state index contributed by atoms with van der Waals surface area (Å²) >= 11 is 3.49. The first kappa shape index (κ1) is 13.1. The predicted molar refractivity (Wildman–Crippen MR) is 70.7 cm³/mol. The van der Waals surface area contributed by atoms with E-state index in [0.717, 1.165) is 17.3 Å². The molecular formula is C14H12BrF2N.